The van der Waals surface area contributed by atoms with Crippen LogP contribution in [0.15, 0.2) is 42.5 Å². The van der Waals surface area contributed by atoms with E-state index in [0.717, 1.165) is 17.9 Å². The number of halogens is 3. The van der Waals surface area contributed by atoms with Gasteiger partial charge in [-0.2, -0.15) is 13.2 Å². The molecule has 0 N–H and O–H groups in total. The summed E-state index contributed by atoms with van der Waals surface area (Å²) in [6.07, 6.45) is -4.61. The lowest BCUT2D eigenvalue weighted by Gasteiger charge is -2.44. The number of hydrogen-bond donors (Lipinski definition) is 0. The fraction of sp³-hybridized carbons (Fsp3) is 0.486. The zero-order valence-electron chi connectivity index (χ0n) is 28.9. The lowest BCUT2D eigenvalue weighted by Crippen LogP contribution is -2.63. The number of urea groups is 1. The van der Waals surface area contributed by atoms with Crippen LogP contribution in [0.3, 0.4) is 0 Å². The maximum absolute atomic E-state index is 13.9. The number of benzene rings is 2. The second-order valence-corrected chi connectivity index (χ2v) is 11.9. The van der Waals surface area contributed by atoms with E-state index in [1.807, 2.05) is 12.8 Å². The third-order valence-electron chi connectivity index (χ3n) is 8.36. The highest BCUT2D eigenvalue weighted by Crippen LogP contribution is 2.41. The van der Waals surface area contributed by atoms with Gasteiger partial charge < -0.3 is 38.1 Å². The van der Waals surface area contributed by atoms with Crippen molar-refractivity contribution in [2.24, 2.45) is 0 Å². The minimum Gasteiger partial charge on any atom is -0.461 e. The molecule has 276 valence electrons. The average Bonchev–Trinajstić information content (AvgIpc) is 3.25. The van der Waals surface area contributed by atoms with Gasteiger partial charge >= 0.3 is 24.1 Å². The summed E-state index contributed by atoms with van der Waals surface area (Å²) in [6.45, 7) is 5.89. The molecule has 0 bridgehead atoms. The predicted octanol–water partition coefficient (Wildman–Crippen LogP) is 4.38. The second kappa shape index (κ2) is 16.1. The van der Waals surface area contributed by atoms with Gasteiger partial charge in [0.05, 0.1) is 17.9 Å². The van der Waals surface area contributed by atoms with Crippen molar-refractivity contribution in [2.45, 2.75) is 76.5 Å². The molecule has 2 aliphatic rings. The molecular weight excluding hydrogens is 681 g/mol. The first-order valence-corrected chi connectivity index (χ1v) is 15.8. The summed E-state index contributed by atoms with van der Waals surface area (Å²) in [4.78, 5) is 53.4. The van der Waals surface area contributed by atoms with Crippen molar-refractivity contribution < 1.29 is 65.5 Å². The van der Waals surface area contributed by atoms with Crippen molar-refractivity contribution in [3.05, 3.63) is 59.2 Å². The molecule has 0 spiro atoms. The summed E-state index contributed by atoms with van der Waals surface area (Å²) >= 11 is 0. The number of likely N-dealkylation sites (N-methyl/N-ethyl adjacent to an activating group) is 1. The number of esters is 2. The number of hydrogen-bond acceptors (Lipinski definition) is 11. The molecule has 4 rings (SSSR count). The Morgan fingerprint density at radius 1 is 1.02 bits per heavy atom. The van der Waals surface area contributed by atoms with Gasteiger partial charge in [-0.15, -0.1) is 6.42 Å². The number of methoxy groups -OCH3 is 1. The molecule has 2 aliphatic heterocycles. The van der Waals surface area contributed by atoms with Crippen molar-refractivity contribution in [1.82, 2.24) is 4.90 Å². The molecule has 6 atom stereocenters. The van der Waals surface area contributed by atoms with Crippen LogP contribution in [0, 0.1) is 12.3 Å². The van der Waals surface area contributed by atoms with E-state index in [0.29, 0.717) is 29.6 Å². The number of anilines is 1. The van der Waals surface area contributed by atoms with Crippen molar-refractivity contribution in [1.29, 1.82) is 0 Å². The van der Waals surface area contributed by atoms with E-state index in [-0.39, 0.29) is 24.8 Å². The number of alkyl halides is 3. The third kappa shape index (κ3) is 8.28. The molecule has 3 amide bonds. The molecule has 0 radical (unpaired) electrons. The number of carbonyl (C=O) groups excluding carboxylic acids is 4. The molecule has 13 nitrogen and oxygen atoms in total. The van der Waals surface area contributed by atoms with E-state index in [1.165, 1.54) is 58.3 Å². The number of terminal acetylenes is 1. The first kappa shape index (κ1) is 39.1. The van der Waals surface area contributed by atoms with Gasteiger partial charge in [0.25, 0.3) is 5.91 Å². The molecule has 0 aliphatic carbocycles. The average molecular weight is 721 g/mol. The standard InChI is InChI=1S/C35H39F3N2O11/c1-8-16-46-18-27-28(47-19-45-7)29(48-20(3)41)30(49-21(4)42)31(51-27)50-25-14-11-23(12-15-25)34(5)32(43)40(33(44)39(34)6)24-13-10-22(9-2)26(17-24)35(36,37)38/h2,10-15,17,27-31H,8,16,18-19H2,1,3-7H3/t27-,28-,29+,30-,31-,34?/m1/s1. The van der Waals surface area contributed by atoms with Crippen molar-refractivity contribution in [2.75, 3.05) is 39.1 Å². The van der Waals surface area contributed by atoms with E-state index in [1.54, 1.807) is 0 Å². The lowest BCUT2D eigenvalue weighted by molar-refractivity contribution is -0.301. The van der Waals surface area contributed by atoms with E-state index in [2.05, 4.69) is 0 Å². The molecule has 2 heterocycles. The number of nitrogens with zero attached hydrogens (tertiary/aromatic N) is 2. The van der Waals surface area contributed by atoms with Crippen LogP contribution in [0.2, 0.25) is 0 Å². The maximum Gasteiger partial charge on any atom is 0.417 e. The second-order valence-electron chi connectivity index (χ2n) is 11.9. The van der Waals surface area contributed by atoms with Crippen LogP contribution >= 0.6 is 0 Å². The highest BCUT2D eigenvalue weighted by molar-refractivity contribution is 6.23. The number of amides is 3. The lowest BCUT2D eigenvalue weighted by atomic mass is 9.90. The number of rotatable bonds is 13. The summed E-state index contributed by atoms with van der Waals surface area (Å²) in [6, 6.07) is 7.91. The van der Waals surface area contributed by atoms with Gasteiger partial charge in [0, 0.05) is 40.2 Å². The monoisotopic (exact) mass is 720 g/mol. The van der Waals surface area contributed by atoms with Gasteiger partial charge in [-0.1, -0.05) is 25.0 Å². The maximum atomic E-state index is 13.9. The zero-order chi connectivity index (χ0) is 37.7. The Labute approximate surface area is 292 Å². The van der Waals surface area contributed by atoms with Gasteiger partial charge in [-0.05, 0) is 49.2 Å². The van der Waals surface area contributed by atoms with E-state index in [9.17, 15) is 32.3 Å². The molecule has 2 saturated heterocycles. The van der Waals surface area contributed by atoms with Crippen molar-refractivity contribution >= 4 is 29.6 Å². The normalized spacial score (nSPS) is 25.1. The molecule has 0 saturated carbocycles. The van der Waals surface area contributed by atoms with Gasteiger partial charge in [0.2, 0.25) is 12.4 Å². The fourth-order valence-electron chi connectivity index (χ4n) is 5.80. The fourth-order valence-corrected chi connectivity index (χ4v) is 5.80. The summed E-state index contributed by atoms with van der Waals surface area (Å²) in [7, 11) is 2.75. The van der Waals surface area contributed by atoms with Crippen LogP contribution in [0.1, 0.15) is 50.8 Å². The van der Waals surface area contributed by atoms with Crippen LogP contribution in [0.25, 0.3) is 0 Å². The molecule has 51 heavy (non-hydrogen) atoms. The molecule has 2 fully saturated rings. The van der Waals surface area contributed by atoms with Crippen molar-refractivity contribution in [3.63, 3.8) is 0 Å². The van der Waals surface area contributed by atoms with Gasteiger partial charge in [-0.3, -0.25) is 14.4 Å². The van der Waals surface area contributed by atoms with Gasteiger partial charge in [0.15, 0.2) is 6.10 Å². The predicted molar refractivity (Wildman–Crippen MR) is 172 cm³/mol. The van der Waals surface area contributed by atoms with Crippen LogP contribution < -0.4 is 9.64 Å². The van der Waals surface area contributed by atoms with Crippen LogP contribution in [0.5, 0.6) is 5.75 Å². The Bertz CT molecular complexity index is 1640. The minimum atomic E-state index is -4.83. The van der Waals surface area contributed by atoms with Gasteiger partial charge in [-0.25, -0.2) is 9.69 Å². The highest BCUT2D eigenvalue weighted by Gasteiger charge is 2.55. The largest absolute Gasteiger partial charge is 0.461 e. The summed E-state index contributed by atoms with van der Waals surface area (Å²) in [5.41, 5.74) is -3.25. The Morgan fingerprint density at radius 2 is 1.67 bits per heavy atom. The Hall–Kier alpha value is -4.69. The van der Waals surface area contributed by atoms with E-state index in [4.69, 9.17) is 39.6 Å². The highest BCUT2D eigenvalue weighted by atomic mass is 19.4. The third-order valence-corrected chi connectivity index (χ3v) is 8.36. The molecular formula is C35H39F3N2O11. The smallest absolute Gasteiger partial charge is 0.417 e. The quantitative estimate of drug-likeness (QED) is 0.0958. The van der Waals surface area contributed by atoms with Crippen LogP contribution in [-0.4, -0.2) is 93.6 Å². The Kier molecular flexibility index (Phi) is 12.4. The molecule has 2 aromatic rings. The number of carbonyl (C=O) groups is 4. The van der Waals surface area contributed by atoms with Crippen LogP contribution in [0.4, 0.5) is 23.7 Å². The molecule has 0 aromatic heterocycles. The number of imide groups is 1. The van der Waals surface area contributed by atoms with E-state index >= 15 is 0 Å². The van der Waals surface area contributed by atoms with Gasteiger partial charge in [0.1, 0.15) is 30.3 Å². The zero-order valence-corrected chi connectivity index (χ0v) is 28.9. The Morgan fingerprint density at radius 3 is 2.24 bits per heavy atom. The Balaban J connectivity index is 1.65. The first-order chi connectivity index (χ1) is 24.1. The van der Waals surface area contributed by atoms with E-state index < -0.39 is 77.4 Å². The summed E-state index contributed by atoms with van der Waals surface area (Å²) in [5, 5.41) is 0. The molecule has 16 heteroatoms. The van der Waals surface area contributed by atoms with Crippen LogP contribution in [-0.2, 0) is 54.5 Å². The first-order valence-electron chi connectivity index (χ1n) is 15.8. The number of ether oxygens (including phenoxy) is 7. The van der Waals surface area contributed by atoms with Crippen molar-refractivity contribution in [3.8, 4) is 18.1 Å². The minimum absolute atomic E-state index is 0.00116. The SMILES string of the molecule is C#Cc1ccc(N2C(=O)N(C)C(C)(c3ccc(O[C@@H]4O[C@H](COCCC)[C@@H](OCOC)[C@H](OC(C)=O)[C@H]4OC(C)=O)cc3)C2=O)cc1C(F)(F)F. The summed E-state index contributed by atoms with van der Waals surface area (Å²) in [5.74, 6) is -0.0936. The molecule has 1 unspecified atom stereocenters. The molecule has 2 aromatic carbocycles. The summed E-state index contributed by atoms with van der Waals surface area (Å²) < 4.78 is 81.2. The topological polar surface area (TPSA) is 139 Å².